The Morgan fingerprint density at radius 3 is 2.93 bits per heavy atom. The second kappa shape index (κ2) is 5.47. The normalized spacial score (nSPS) is 32.3. The Hall–Kier alpha value is -0.610. The smallest absolute Gasteiger partial charge is 0.225 e. The Kier molecular flexibility index (Phi) is 3.97. The molecule has 0 radical (unpaired) electrons. The van der Waals surface area contributed by atoms with Gasteiger partial charge in [0.25, 0.3) is 0 Å². The van der Waals surface area contributed by atoms with Gasteiger partial charge in [0.05, 0.1) is 12.5 Å². The fraction of sp³-hybridized carbons (Fsp3) is 0.909. The van der Waals surface area contributed by atoms with Gasteiger partial charge in [-0.25, -0.2) is 0 Å². The number of carbonyl (C=O) groups excluding carboxylic acids is 1. The van der Waals surface area contributed by atoms with E-state index in [2.05, 4.69) is 10.6 Å². The molecule has 0 aromatic rings. The van der Waals surface area contributed by atoms with E-state index in [9.17, 15) is 4.79 Å². The molecule has 0 aromatic heterocycles. The summed E-state index contributed by atoms with van der Waals surface area (Å²) < 4.78 is 5.32. The fourth-order valence-corrected chi connectivity index (χ4v) is 2.24. The van der Waals surface area contributed by atoms with Crippen LogP contribution in [0.5, 0.6) is 0 Å². The maximum absolute atomic E-state index is 11.8. The van der Waals surface area contributed by atoms with Crippen LogP contribution in [0.1, 0.15) is 25.7 Å². The molecule has 2 rings (SSSR count). The quantitative estimate of drug-likeness (QED) is 0.691. The first-order chi connectivity index (χ1) is 7.36. The zero-order valence-electron chi connectivity index (χ0n) is 9.13. The average Bonchev–Trinajstić information content (AvgIpc) is 2.31. The first-order valence-electron chi connectivity index (χ1n) is 5.95. The molecule has 4 heteroatoms. The number of ether oxygens (including phenoxy) is 1. The third-order valence-electron chi connectivity index (χ3n) is 3.17. The van der Waals surface area contributed by atoms with E-state index in [-0.39, 0.29) is 11.8 Å². The molecule has 1 amide bonds. The first kappa shape index (κ1) is 10.9. The molecular formula is C11H20N2O2. The lowest BCUT2D eigenvalue weighted by Crippen LogP contribution is -2.48. The van der Waals surface area contributed by atoms with Crippen LogP contribution in [0.4, 0.5) is 0 Å². The van der Waals surface area contributed by atoms with Crippen LogP contribution in [0.3, 0.4) is 0 Å². The minimum atomic E-state index is 0.0840. The standard InChI is InChI=1S/C11H20N2O2/c14-11(9-3-2-6-15-8-9)13-10-4-1-5-12-7-10/h9-10,12H,1-8H2,(H,13,14)/t9?,10-/m1/s1. The van der Waals surface area contributed by atoms with Gasteiger partial charge in [-0.05, 0) is 32.2 Å². The molecule has 1 unspecified atom stereocenters. The zero-order valence-corrected chi connectivity index (χ0v) is 9.13. The van der Waals surface area contributed by atoms with Crippen molar-refractivity contribution < 1.29 is 9.53 Å². The second-order valence-corrected chi connectivity index (χ2v) is 4.47. The van der Waals surface area contributed by atoms with Crippen LogP contribution in [-0.2, 0) is 9.53 Å². The van der Waals surface area contributed by atoms with Crippen LogP contribution in [0, 0.1) is 5.92 Å². The van der Waals surface area contributed by atoms with E-state index in [0.29, 0.717) is 12.6 Å². The highest BCUT2D eigenvalue weighted by Gasteiger charge is 2.24. The molecule has 2 N–H and O–H groups in total. The Morgan fingerprint density at radius 2 is 2.27 bits per heavy atom. The summed E-state index contributed by atoms with van der Waals surface area (Å²) in [6.45, 7) is 3.42. The minimum Gasteiger partial charge on any atom is -0.381 e. The average molecular weight is 212 g/mol. The van der Waals surface area contributed by atoms with E-state index in [1.807, 2.05) is 0 Å². The van der Waals surface area contributed by atoms with Crippen molar-refractivity contribution in [2.24, 2.45) is 5.92 Å². The highest BCUT2D eigenvalue weighted by molar-refractivity contribution is 5.79. The largest absolute Gasteiger partial charge is 0.381 e. The molecule has 0 aliphatic carbocycles. The van der Waals surface area contributed by atoms with Crippen molar-refractivity contribution >= 4 is 5.91 Å². The lowest BCUT2D eigenvalue weighted by Gasteiger charge is -2.27. The van der Waals surface area contributed by atoms with Crippen LogP contribution in [0.2, 0.25) is 0 Å². The van der Waals surface area contributed by atoms with E-state index in [1.54, 1.807) is 0 Å². The third kappa shape index (κ3) is 3.18. The van der Waals surface area contributed by atoms with Gasteiger partial charge in [-0.3, -0.25) is 4.79 Å². The third-order valence-corrected chi connectivity index (χ3v) is 3.17. The maximum atomic E-state index is 11.8. The first-order valence-corrected chi connectivity index (χ1v) is 5.95. The van der Waals surface area contributed by atoms with Crippen molar-refractivity contribution in [3.63, 3.8) is 0 Å². The summed E-state index contributed by atoms with van der Waals surface area (Å²) in [7, 11) is 0. The van der Waals surface area contributed by atoms with E-state index in [1.165, 1.54) is 0 Å². The van der Waals surface area contributed by atoms with E-state index < -0.39 is 0 Å². The second-order valence-electron chi connectivity index (χ2n) is 4.47. The van der Waals surface area contributed by atoms with E-state index in [4.69, 9.17) is 4.74 Å². The van der Waals surface area contributed by atoms with Crippen molar-refractivity contribution in [1.82, 2.24) is 10.6 Å². The van der Waals surface area contributed by atoms with Gasteiger partial charge in [0.15, 0.2) is 0 Å². The number of carbonyl (C=O) groups is 1. The molecule has 86 valence electrons. The van der Waals surface area contributed by atoms with Crippen molar-refractivity contribution in [1.29, 1.82) is 0 Å². The molecule has 2 aliphatic heterocycles. The van der Waals surface area contributed by atoms with Gasteiger partial charge in [-0.2, -0.15) is 0 Å². The lowest BCUT2D eigenvalue weighted by molar-refractivity contribution is -0.129. The highest BCUT2D eigenvalue weighted by Crippen LogP contribution is 2.14. The number of hydrogen-bond donors (Lipinski definition) is 2. The van der Waals surface area contributed by atoms with Gasteiger partial charge < -0.3 is 15.4 Å². The summed E-state index contributed by atoms with van der Waals surface area (Å²) in [5.41, 5.74) is 0. The molecule has 4 nitrogen and oxygen atoms in total. The predicted molar refractivity (Wildman–Crippen MR) is 57.6 cm³/mol. The predicted octanol–water partition coefficient (Wildman–Crippen LogP) is 0.281. The molecule has 2 aliphatic rings. The van der Waals surface area contributed by atoms with Gasteiger partial charge in [0.1, 0.15) is 0 Å². The molecule has 2 atom stereocenters. The van der Waals surface area contributed by atoms with Gasteiger partial charge >= 0.3 is 0 Å². The highest BCUT2D eigenvalue weighted by atomic mass is 16.5. The van der Waals surface area contributed by atoms with Crippen LogP contribution in [0.25, 0.3) is 0 Å². The van der Waals surface area contributed by atoms with Gasteiger partial charge in [0, 0.05) is 19.2 Å². The molecular weight excluding hydrogens is 192 g/mol. The topological polar surface area (TPSA) is 50.4 Å². The van der Waals surface area contributed by atoms with E-state index >= 15 is 0 Å². The van der Waals surface area contributed by atoms with Crippen molar-refractivity contribution in [2.75, 3.05) is 26.3 Å². The molecule has 2 heterocycles. The van der Waals surface area contributed by atoms with Gasteiger partial charge in [-0.15, -0.1) is 0 Å². The zero-order chi connectivity index (χ0) is 10.5. The SMILES string of the molecule is O=C(N[C@@H]1CCCNC1)C1CCCOC1. The summed E-state index contributed by atoms with van der Waals surface area (Å²) in [5, 5.41) is 6.40. The number of hydrogen-bond acceptors (Lipinski definition) is 3. The number of rotatable bonds is 2. The Labute approximate surface area is 90.8 Å². The van der Waals surface area contributed by atoms with Crippen molar-refractivity contribution in [3.05, 3.63) is 0 Å². The summed E-state index contributed by atoms with van der Waals surface area (Å²) in [6, 6.07) is 0.327. The van der Waals surface area contributed by atoms with Crippen LogP contribution in [0.15, 0.2) is 0 Å². The Morgan fingerprint density at radius 1 is 1.33 bits per heavy atom. The van der Waals surface area contributed by atoms with E-state index in [0.717, 1.165) is 45.4 Å². The Balaban J connectivity index is 1.74. The summed E-state index contributed by atoms with van der Waals surface area (Å²) in [4.78, 5) is 11.8. The number of amides is 1. The van der Waals surface area contributed by atoms with Crippen LogP contribution in [-0.4, -0.2) is 38.3 Å². The molecule has 0 spiro atoms. The fourth-order valence-electron chi connectivity index (χ4n) is 2.24. The Bertz CT molecular complexity index is 209. The molecule has 15 heavy (non-hydrogen) atoms. The molecule has 0 saturated carbocycles. The van der Waals surface area contributed by atoms with Crippen molar-refractivity contribution in [3.8, 4) is 0 Å². The minimum absolute atomic E-state index is 0.0840. The molecule has 2 fully saturated rings. The van der Waals surface area contributed by atoms with Crippen molar-refractivity contribution in [2.45, 2.75) is 31.7 Å². The number of piperidine rings is 1. The molecule has 0 aromatic carbocycles. The monoisotopic (exact) mass is 212 g/mol. The summed E-state index contributed by atoms with van der Waals surface area (Å²) >= 11 is 0. The summed E-state index contributed by atoms with van der Waals surface area (Å²) in [5.74, 6) is 0.268. The maximum Gasteiger partial charge on any atom is 0.225 e. The number of nitrogens with one attached hydrogen (secondary N) is 2. The van der Waals surface area contributed by atoms with Crippen LogP contribution >= 0.6 is 0 Å². The molecule has 0 bridgehead atoms. The van der Waals surface area contributed by atoms with Gasteiger partial charge in [-0.1, -0.05) is 0 Å². The summed E-state index contributed by atoms with van der Waals surface area (Å²) in [6.07, 6.45) is 4.26. The molecule has 2 saturated heterocycles. The lowest BCUT2D eigenvalue weighted by atomic mass is 10.00. The van der Waals surface area contributed by atoms with Gasteiger partial charge in [0.2, 0.25) is 5.91 Å². The van der Waals surface area contributed by atoms with Crippen LogP contribution < -0.4 is 10.6 Å².